The number of benzene rings is 4. The summed E-state index contributed by atoms with van der Waals surface area (Å²) in [4.78, 5) is 43.2. The zero-order valence-corrected chi connectivity index (χ0v) is 23.6. The Kier molecular flexibility index (Phi) is 6.02. The van der Waals surface area contributed by atoms with Gasteiger partial charge in [0, 0.05) is 22.7 Å². The second-order valence-corrected chi connectivity index (χ2v) is 11.3. The lowest BCUT2D eigenvalue weighted by Crippen LogP contribution is -2.54. The Morgan fingerprint density at radius 1 is 0.929 bits per heavy atom. The predicted octanol–water partition coefficient (Wildman–Crippen LogP) is 5.62. The van der Waals surface area contributed by atoms with Gasteiger partial charge in [-0.15, -0.1) is 0 Å². The fourth-order valence-corrected chi connectivity index (χ4v) is 7.30. The highest BCUT2D eigenvalue weighted by Crippen LogP contribution is 2.63. The Morgan fingerprint density at radius 2 is 1.62 bits per heavy atom. The van der Waals surface area contributed by atoms with Gasteiger partial charge in [-0.1, -0.05) is 72.3 Å². The molecule has 0 radical (unpaired) electrons. The van der Waals surface area contributed by atoms with Crippen LogP contribution in [-0.2, 0) is 15.0 Å². The fraction of sp³-hybridized carbons (Fsp3) is 0.176. The molecule has 0 spiro atoms. The van der Waals surface area contributed by atoms with Crippen LogP contribution in [0.5, 0.6) is 5.75 Å². The highest BCUT2D eigenvalue weighted by molar-refractivity contribution is 6.31. The monoisotopic (exact) mass is 575 g/mol. The zero-order valence-electron chi connectivity index (χ0n) is 22.9. The second-order valence-electron chi connectivity index (χ2n) is 10.9. The number of rotatable bonds is 5. The van der Waals surface area contributed by atoms with Crippen LogP contribution in [0, 0.1) is 18.8 Å². The van der Waals surface area contributed by atoms with Gasteiger partial charge in [0.25, 0.3) is 5.91 Å². The van der Waals surface area contributed by atoms with E-state index in [-0.39, 0.29) is 17.7 Å². The van der Waals surface area contributed by atoms with Crippen LogP contribution in [0.1, 0.15) is 44.1 Å². The van der Waals surface area contributed by atoms with Crippen molar-refractivity contribution in [3.63, 3.8) is 0 Å². The zero-order chi connectivity index (χ0) is 29.2. The van der Waals surface area contributed by atoms with Crippen LogP contribution in [0.15, 0.2) is 96.1 Å². The average molecular weight is 576 g/mol. The predicted molar refractivity (Wildman–Crippen MR) is 160 cm³/mol. The van der Waals surface area contributed by atoms with E-state index in [0.29, 0.717) is 22.0 Å². The van der Waals surface area contributed by atoms with Crippen molar-refractivity contribution in [1.29, 1.82) is 0 Å². The number of halogens is 1. The van der Waals surface area contributed by atoms with Gasteiger partial charge in [-0.25, -0.2) is 10.3 Å². The molecule has 2 bridgehead atoms. The highest BCUT2D eigenvalue weighted by Gasteiger charge is 2.68. The number of nitrogens with one attached hydrogen (secondary N) is 1. The van der Waals surface area contributed by atoms with E-state index >= 15 is 0 Å². The molecule has 4 aliphatic rings. The molecule has 1 saturated heterocycles. The van der Waals surface area contributed by atoms with Gasteiger partial charge < -0.3 is 4.74 Å². The molecule has 8 rings (SSSR count). The number of amides is 3. The van der Waals surface area contributed by atoms with Gasteiger partial charge in [0.05, 0.1) is 30.0 Å². The number of hydrogen-bond donors (Lipinski definition) is 1. The molecule has 42 heavy (non-hydrogen) atoms. The minimum Gasteiger partial charge on any atom is -0.497 e. The van der Waals surface area contributed by atoms with Gasteiger partial charge in [0.15, 0.2) is 0 Å². The molecule has 0 saturated carbocycles. The summed E-state index contributed by atoms with van der Waals surface area (Å²) in [6.45, 7) is 1.86. The lowest BCUT2D eigenvalue weighted by molar-refractivity contribution is -0.122. The number of aryl methyl sites for hydroxylation is 1. The summed E-state index contributed by atoms with van der Waals surface area (Å²) in [7, 11) is 1.53. The number of hydrogen-bond acceptors (Lipinski definition) is 5. The maximum Gasteiger partial charge on any atom is 0.271 e. The summed E-state index contributed by atoms with van der Waals surface area (Å²) in [6, 6.07) is 27.8. The Balaban J connectivity index is 1.40. The molecular weight excluding hydrogens is 550 g/mol. The molecular formula is C34H26ClN3O4. The number of hydrazone groups is 1. The number of anilines is 1. The van der Waals surface area contributed by atoms with Crippen molar-refractivity contribution in [2.45, 2.75) is 18.3 Å². The third-order valence-electron chi connectivity index (χ3n) is 8.86. The summed E-state index contributed by atoms with van der Waals surface area (Å²) in [5.41, 5.74) is 6.96. The molecule has 4 aromatic rings. The van der Waals surface area contributed by atoms with E-state index in [1.807, 2.05) is 61.5 Å². The Labute approximate surface area is 247 Å². The van der Waals surface area contributed by atoms with Crippen LogP contribution in [0.2, 0.25) is 5.02 Å². The van der Waals surface area contributed by atoms with Crippen LogP contribution in [-0.4, -0.2) is 31.0 Å². The van der Waals surface area contributed by atoms with Crippen LogP contribution < -0.4 is 15.1 Å². The summed E-state index contributed by atoms with van der Waals surface area (Å²) in [5, 5.41) is 4.91. The summed E-state index contributed by atoms with van der Waals surface area (Å²) < 4.78 is 5.25. The van der Waals surface area contributed by atoms with Crippen molar-refractivity contribution in [3.05, 3.63) is 129 Å². The molecule has 7 nitrogen and oxygen atoms in total. The smallest absolute Gasteiger partial charge is 0.271 e. The fourth-order valence-electron chi connectivity index (χ4n) is 7.13. The standard InChI is InChI=1S/C34H26ClN3O4/c1-19-14-15-21(35)17-27(19)38-32(40)29-28-23-10-3-5-12-25(23)34(30(29)33(38)41,26-13-6-4-11-24(26)28)18-36-37-31(39)20-8-7-9-22(16-20)42-2/h3-18,28-30H,1-2H3,(H,37,39)/b36-18-/t28?,29-,30+,34?/m1/s1. The van der Waals surface area contributed by atoms with Crippen molar-refractivity contribution >= 4 is 41.2 Å². The molecule has 3 amide bonds. The molecule has 2 atom stereocenters. The normalized spacial score (nSPS) is 23.5. The van der Waals surface area contributed by atoms with Crippen LogP contribution in [0.3, 0.4) is 0 Å². The quantitative estimate of drug-likeness (QED) is 0.190. The maximum absolute atomic E-state index is 14.5. The maximum atomic E-state index is 14.5. The molecule has 1 heterocycles. The molecule has 4 aromatic carbocycles. The van der Waals surface area contributed by atoms with E-state index in [9.17, 15) is 14.4 Å². The molecule has 0 unspecified atom stereocenters. The van der Waals surface area contributed by atoms with E-state index in [0.717, 1.165) is 27.8 Å². The molecule has 8 heteroatoms. The molecule has 3 aliphatic carbocycles. The van der Waals surface area contributed by atoms with Gasteiger partial charge in [-0.05, 0) is 65.1 Å². The van der Waals surface area contributed by atoms with Crippen molar-refractivity contribution in [2.24, 2.45) is 16.9 Å². The van der Waals surface area contributed by atoms with Crippen molar-refractivity contribution < 1.29 is 19.1 Å². The lowest BCUT2D eigenvalue weighted by atomic mass is 9.47. The van der Waals surface area contributed by atoms with E-state index in [1.54, 1.807) is 42.6 Å². The summed E-state index contributed by atoms with van der Waals surface area (Å²) >= 11 is 6.34. The number of carbonyl (C=O) groups excluding carboxylic acids is 3. The van der Waals surface area contributed by atoms with E-state index in [1.165, 1.54) is 12.0 Å². The van der Waals surface area contributed by atoms with Crippen molar-refractivity contribution in [2.75, 3.05) is 12.0 Å². The first-order valence-corrected chi connectivity index (χ1v) is 14.1. The van der Waals surface area contributed by atoms with Crippen LogP contribution >= 0.6 is 11.6 Å². The highest BCUT2D eigenvalue weighted by atomic mass is 35.5. The van der Waals surface area contributed by atoms with Gasteiger partial charge in [0.2, 0.25) is 11.8 Å². The number of ether oxygens (including phenoxy) is 1. The SMILES string of the molecule is COc1cccc(C(=O)N/N=C\C23c4ccccc4C(c4ccccc42)[C@H]2C(=O)N(c4cc(Cl)ccc4C)C(=O)[C@H]23)c1. The average Bonchev–Trinajstić information content (AvgIpc) is 3.28. The van der Waals surface area contributed by atoms with Gasteiger partial charge in [-0.2, -0.15) is 5.10 Å². The largest absolute Gasteiger partial charge is 0.497 e. The summed E-state index contributed by atoms with van der Waals surface area (Å²) in [5.74, 6) is -2.17. The van der Waals surface area contributed by atoms with E-state index < -0.39 is 23.2 Å². The topological polar surface area (TPSA) is 88.1 Å². The van der Waals surface area contributed by atoms with E-state index in [4.69, 9.17) is 16.3 Å². The molecule has 1 N–H and O–H groups in total. The third kappa shape index (κ3) is 3.59. The van der Waals surface area contributed by atoms with Crippen LogP contribution in [0.25, 0.3) is 0 Å². The molecule has 1 fully saturated rings. The number of methoxy groups -OCH3 is 1. The van der Waals surface area contributed by atoms with Gasteiger partial charge in [-0.3, -0.25) is 14.4 Å². The van der Waals surface area contributed by atoms with Gasteiger partial charge >= 0.3 is 0 Å². The van der Waals surface area contributed by atoms with Crippen molar-refractivity contribution in [1.82, 2.24) is 5.43 Å². The molecule has 208 valence electrons. The minimum absolute atomic E-state index is 0.262. The Hall–Kier alpha value is -4.75. The van der Waals surface area contributed by atoms with Gasteiger partial charge in [0.1, 0.15) is 5.75 Å². The molecule has 0 aromatic heterocycles. The first-order chi connectivity index (χ1) is 20.4. The lowest BCUT2D eigenvalue weighted by Gasteiger charge is -2.52. The number of imide groups is 1. The van der Waals surface area contributed by atoms with Crippen molar-refractivity contribution in [3.8, 4) is 5.75 Å². The Morgan fingerprint density at radius 3 is 2.31 bits per heavy atom. The second kappa shape index (κ2) is 9.67. The Bertz CT molecular complexity index is 1790. The number of carbonyl (C=O) groups is 3. The first-order valence-electron chi connectivity index (χ1n) is 13.7. The molecule has 1 aliphatic heterocycles. The third-order valence-corrected chi connectivity index (χ3v) is 9.10. The van der Waals surface area contributed by atoms with E-state index in [2.05, 4.69) is 10.5 Å². The summed E-state index contributed by atoms with van der Waals surface area (Å²) in [6.07, 6.45) is 1.65. The number of nitrogens with zero attached hydrogens (tertiary/aromatic N) is 2. The van der Waals surface area contributed by atoms with Crippen LogP contribution in [0.4, 0.5) is 5.69 Å². The first kappa shape index (κ1) is 26.2. The minimum atomic E-state index is -1.10.